The molecular formula is C12H26N2. The third-order valence-corrected chi connectivity index (χ3v) is 2.75. The highest BCUT2D eigenvalue weighted by Crippen LogP contribution is 2.26. The van der Waals surface area contributed by atoms with E-state index in [2.05, 4.69) is 37.9 Å². The largest absolute Gasteiger partial charge is 0.312 e. The zero-order valence-corrected chi connectivity index (χ0v) is 10.3. The van der Waals surface area contributed by atoms with Crippen LogP contribution in [-0.4, -0.2) is 36.1 Å². The molecule has 14 heavy (non-hydrogen) atoms. The van der Waals surface area contributed by atoms with Crippen LogP contribution in [0.25, 0.3) is 0 Å². The monoisotopic (exact) mass is 198 g/mol. The minimum atomic E-state index is 0.274. The second-order valence-electron chi connectivity index (χ2n) is 5.39. The summed E-state index contributed by atoms with van der Waals surface area (Å²) in [5, 5.41) is 3.53. The summed E-state index contributed by atoms with van der Waals surface area (Å²) in [6, 6.07) is 0.926. The Kier molecular flexibility index (Phi) is 4.39. The molecule has 1 rings (SSSR count). The lowest BCUT2D eigenvalue weighted by molar-refractivity contribution is 0.268. The van der Waals surface area contributed by atoms with Crippen LogP contribution in [0.2, 0.25) is 0 Å². The lowest BCUT2D eigenvalue weighted by Gasteiger charge is -2.23. The van der Waals surface area contributed by atoms with Gasteiger partial charge in [-0.2, -0.15) is 0 Å². The maximum Gasteiger partial charge on any atom is 0.00965 e. The Morgan fingerprint density at radius 2 is 1.93 bits per heavy atom. The van der Waals surface area contributed by atoms with Crippen molar-refractivity contribution in [2.24, 2.45) is 0 Å². The van der Waals surface area contributed by atoms with Crippen LogP contribution in [0.1, 0.15) is 47.0 Å². The number of hydrogen-bond donors (Lipinski definition) is 1. The molecule has 84 valence electrons. The van der Waals surface area contributed by atoms with Gasteiger partial charge < -0.3 is 10.2 Å². The zero-order chi connectivity index (χ0) is 10.6. The topological polar surface area (TPSA) is 15.3 Å². The number of nitrogens with zero attached hydrogens (tertiary/aromatic N) is 1. The predicted molar refractivity (Wildman–Crippen MR) is 62.6 cm³/mol. The van der Waals surface area contributed by atoms with Gasteiger partial charge in [-0.1, -0.05) is 6.92 Å². The van der Waals surface area contributed by atoms with Crippen LogP contribution in [0.4, 0.5) is 0 Å². The molecule has 0 saturated heterocycles. The highest BCUT2D eigenvalue weighted by molar-refractivity contribution is 4.83. The van der Waals surface area contributed by atoms with Gasteiger partial charge in [0.15, 0.2) is 0 Å². The van der Waals surface area contributed by atoms with E-state index < -0.39 is 0 Å². The fraction of sp³-hybridized carbons (Fsp3) is 1.00. The Hall–Kier alpha value is -0.0800. The molecule has 0 aliphatic heterocycles. The lowest BCUT2D eigenvalue weighted by Crippen LogP contribution is -2.38. The van der Waals surface area contributed by atoms with Crippen molar-refractivity contribution < 1.29 is 0 Å². The highest BCUT2D eigenvalue weighted by atomic mass is 15.2. The van der Waals surface area contributed by atoms with E-state index >= 15 is 0 Å². The number of nitrogens with one attached hydrogen (secondary N) is 1. The molecule has 2 nitrogen and oxygen atoms in total. The molecule has 2 heteroatoms. The summed E-state index contributed by atoms with van der Waals surface area (Å²) in [6.45, 7) is 12.6. The second kappa shape index (κ2) is 5.13. The van der Waals surface area contributed by atoms with E-state index in [1.165, 1.54) is 32.4 Å². The van der Waals surface area contributed by atoms with E-state index in [0.29, 0.717) is 0 Å². The molecule has 1 N–H and O–H groups in total. The van der Waals surface area contributed by atoms with Crippen LogP contribution < -0.4 is 5.32 Å². The summed E-state index contributed by atoms with van der Waals surface area (Å²) in [5.41, 5.74) is 0.274. The summed E-state index contributed by atoms with van der Waals surface area (Å²) in [4.78, 5) is 2.62. The van der Waals surface area contributed by atoms with E-state index in [1.807, 2.05) is 0 Å². The predicted octanol–water partition coefficient (Wildman–Crippen LogP) is 2.25. The fourth-order valence-corrected chi connectivity index (χ4v) is 1.78. The molecule has 0 unspecified atom stereocenters. The van der Waals surface area contributed by atoms with Crippen LogP contribution in [-0.2, 0) is 0 Å². The standard InChI is InChI=1S/C12H26N2/c1-5-14(11-7-8-11)10-6-9-13-12(2,3)4/h11,13H,5-10H2,1-4H3. The first kappa shape index (κ1) is 12.0. The molecule has 0 bridgehead atoms. The van der Waals surface area contributed by atoms with E-state index in [0.717, 1.165) is 12.6 Å². The first-order valence-electron chi connectivity index (χ1n) is 6.02. The van der Waals surface area contributed by atoms with Gasteiger partial charge >= 0.3 is 0 Å². The van der Waals surface area contributed by atoms with Crippen molar-refractivity contribution in [1.29, 1.82) is 0 Å². The van der Waals surface area contributed by atoms with Crippen molar-refractivity contribution in [1.82, 2.24) is 10.2 Å². The Balaban J connectivity index is 2.02. The molecule has 0 amide bonds. The van der Waals surface area contributed by atoms with Crippen LogP contribution >= 0.6 is 0 Å². The van der Waals surface area contributed by atoms with E-state index in [9.17, 15) is 0 Å². The molecule has 1 fully saturated rings. The van der Waals surface area contributed by atoms with E-state index in [1.54, 1.807) is 0 Å². The molecule has 0 radical (unpaired) electrons. The zero-order valence-electron chi connectivity index (χ0n) is 10.3. The fourth-order valence-electron chi connectivity index (χ4n) is 1.78. The molecule has 0 spiro atoms. The number of rotatable bonds is 6. The molecule has 0 aromatic heterocycles. The molecule has 1 aliphatic carbocycles. The summed E-state index contributed by atoms with van der Waals surface area (Å²) < 4.78 is 0. The van der Waals surface area contributed by atoms with Crippen LogP contribution in [0, 0.1) is 0 Å². The van der Waals surface area contributed by atoms with Gasteiger partial charge in [-0.15, -0.1) is 0 Å². The first-order valence-corrected chi connectivity index (χ1v) is 6.02. The highest BCUT2D eigenvalue weighted by Gasteiger charge is 2.27. The molecule has 1 saturated carbocycles. The second-order valence-corrected chi connectivity index (χ2v) is 5.39. The average molecular weight is 198 g/mol. The van der Waals surface area contributed by atoms with Gasteiger partial charge in [0.25, 0.3) is 0 Å². The smallest absolute Gasteiger partial charge is 0.00965 e. The van der Waals surface area contributed by atoms with Crippen molar-refractivity contribution in [3.05, 3.63) is 0 Å². The summed E-state index contributed by atoms with van der Waals surface area (Å²) >= 11 is 0. The third kappa shape index (κ3) is 4.97. The van der Waals surface area contributed by atoms with Gasteiger partial charge in [0.2, 0.25) is 0 Å². The van der Waals surface area contributed by atoms with Crippen LogP contribution in [0.5, 0.6) is 0 Å². The van der Waals surface area contributed by atoms with Gasteiger partial charge in [-0.05, 0) is 59.7 Å². The Morgan fingerprint density at radius 3 is 2.36 bits per heavy atom. The van der Waals surface area contributed by atoms with Crippen molar-refractivity contribution in [3.8, 4) is 0 Å². The molecule has 0 heterocycles. The molecule has 1 aliphatic rings. The quantitative estimate of drug-likeness (QED) is 0.659. The minimum absolute atomic E-state index is 0.274. The molecule has 0 aromatic rings. The minimum Gasteiger partial charge on any atom is -0.312 e. The van der Waals surface area contributed by atoms with Gasteiger partial charge in [0.1, 0.15) is 0 Å². The Morgan fingerprint density at radius 1 is 1.29 bits per heavy atom. The van der Waals surface area contributed by atoms with E-state index in [-0.39, 0.29) is 5.54 Å². The summed E-state index contributed by atoms with van der Waals surface area (Å²) in [7, 11) is 0. The van der Waals surface area contributed by atoms with Crippen molar-refractivity contribution >= 4 is 0 Å². The van der Waals surface area contributed by atoms with Crippen LogP contribution in [0.3, 0.4) is 0 Å². The maximum atomic E-state index is 3.53. The van der Waals surface area contributed by atoms with Crippen molar-refractivity contribution in [2.45, 2.75) is 58.5 Å². The van der Waals surface area contributed by atoms with Gasteiger partial charge in [0, 0.05) is 11.6 Å². The van der Waals surface area contributed by atoms with Crippen molar-refractivity contribution in [2.75, 3.05) is 19.6 Å². The van der Waals surface area contributed by atoms with Gasteiger partial charge in [-0.3, -0.25) is 0 Å². The maximum absolute atomic E-state index is 3.53. The van der Waals surface area contributed by atoms with E-state index in [4.69, 9.17) is 0 Å². The normalized spacial score (nSPS) is 17.8. The Bertz CT molecular complexity index is 156. The molecule has 0 aromatic carbocycles. The summed E-state index contributed by atoms with van der Waals surface area (Å²) in [6.07, 6.45) is 4.14. The molecular weight excluding hydrogens is 172 g/mol. The third-order valence-electron chi connectivity index (χ3n) is 2.75. The number of hydrogen-bond acceptors (Lipinski definition) is 2. The lowest BCUT2D eigenvalue weighted by atomic mass is 10.1. The first-order chi connectivity index (χ1) is 6.53. The summed E-state index contributed by atoms with van der Waals surface area (Å²) in [5.74, 6) is 0. The average Bonchev–Trinajstić information content (AvgIpc) is 2.86. The van der Waals surface area contributed by atoms with Gasteiger partial charge in [-0.25, -0.2) is 0 Å². The van der Waals surface area contributed by atoms with Crippen molar-refractivity contribution in [3.63, 3.8) is 0 Å². The SMILES string of the molecule is CCN(CCCNC(C)(C)C)C1CC1. The molecule has 0 atom stereocenters. The van der Waals surface area contributed by atoms with Gasteiger partial charge in [0.05, 0.1) is 0 Å². The van der Waals surface area contributed by atoms with Crippen LogP contribution in [0.15, 0.2) is 0 Å². The Labute approximate surface area is 89.1 Å².